The molecule has 5 nitrogen and oxygen atoms in total. The van der Waals surface area contributed by atoms with Gasteiger partial charge in [0, 0.05) is 6.16 Å². The van der Waals surface area contributed by atoms with E-state index < -0.39 is 50.0 Å². The number of benzene rings is 1. The normalized spacial score (nSPS) is 14.8. The van der Waals surface area contributed by atoms with Crippen LogP contribution in [0, 0.1) is 0 Å². The third-order valence-corrected chi connectivity index (χ3v) is 17.3. The van der Waals surface area contributed by atoms with Crippen LogP contribution in [0.5, 0.6) is 5.75 Å². The van der Waals surface area contributed by atoms with E-state index in [4.69, 9.17) is 21.6 Å². The lowest BCUT2D eigenvalue weighted by Crippen LogP contribution is -2.32. The van der Waals surface area contributed by atoms with Crippen molar-refractivity contribution in [1.82, 2.24) is 0 Å². The first-order valence-electron chi connectivity index (χ1n) is 11.3. The average Bonchev–Trinajstić information content (AvgIpc) is 2.53. The second kappa shape index (κ2) is 12.0. The molecule has 0 fully saturated rings. The summed E-state index contributed by atoms with van der Waals surface area (Å²) in [6, 6.07) is 8.35. The first-order valence-corrected chi connectivity index (χ1v) is 27.5. The first kappa shape index (κ1) is 30.6. The van der Waals surface area contributed by atoms with Crippen molar-refractivity contribution in [2.45, 2.75) is 84.2 Å². The van der Waals surface area contributed by atoms with Crippen LogP contribution in [0.15, 0.2) is 24.3 Å². The van der Waals surface area contributed by atoms with Crippen molar-refractivity contribution >= 4 is 50.0 Å². The quantitative estimate of drug-likeness (QED) is 0.181. The second-order valence-corrected chi connectivity index (χ2v) is 33.9. The van der Waals surface area contributed by atoms with E-state index in [0.717, 1.165) is 11.9 Å². The molecular formula is C21H46O5P2Si4. The van der Waals surface area contributed by atoms with Gasteiger partial charge in [-0.2, -0.15) is 0 Å². The average molecular weight is 553 g/mol. The molecule has 1 aromatic carbocycles. The summed E-state index contributed by atoms with van der Waals surface area (Å²) in [4.78, 5) is 0. The van der Waals surface area contributed by atoms with Crippen LogP contribution in [-0.2, 0) is 16.9 Å². The minimum absolute atomic E-state index is 0.0909. The van der Waals surface area contributed by atoms with Gasteiger partial charge in [-0.3, -0.25) is 0 Å². The molecule has 0 N–H and O–H groups in total. The lowest BCUT2D eigenvalue weighted by Gasteiger charge is -2.38. The Morgan fingerprint density at radius 2 is 1.00 bits per heavy atom. The monoisotopic (exact) mass is 552 g/mol. The fourth-order valence-corrected chi connectivity index (χ4v) is 16.3. The van der Waals surface area contributed by atoms with Gasteiger partial charge in [0.25, 0.3) is 0 Å². The number of hydrogen-bond donors (Lipinski definition) is 0. The van der Waals surface area contributed by atoms with E-state index >= 15 is 0 Å². The van der Waals surface area contributed by atoms with E-state index in [0.29, 0.717) is 0 Å². The molecule has 0 aliphatic rings. The van der Waals surface area contributed by atoms with Crippen LogP contribution >= 0.6 is 16.8 Å². The van der Waals surface area contributed by atoms with Gasteiger partial charge in [0.05, 0.1) is 12.8 Å². The van der Waals surface area contributed by atoms with Gasteiger partial charge in [-0.25, -0.2) is 0 Å². The Morgan fingerprint density at radius 1 is 0.625 bits per heavy atom. The maximum Gasteiger partial charge on any atom is 0.191 e. The maximum atomic E-state index is 6.75. The van der Waals surface area contributed by atoms with Crippen LogP contribution in [0.4, 0.5) is 0 Å². The Labute approximate surface area is 204 Å². The third kappa shape index (κ3) is 13.5. The van der Waals surface area contributed by atoms with E-state index in [9.17, 15) is 0 Å². The third-order valence-electron chi connectivity index (χ3n) is 3.56. The lowest BCUT2D eigenvalue weighted by atomic mass is 10.1. The molecule has 0 radical (unpaired) electrons. The van der Waals surface area contributed by atoms with E-state index in [2.05, 4.69) is 90.7 Å². The largest absolute Gasteiger partial charge is 0.497 e. The highest BCUT2D eigenvalue weighted by molar-refractivity contribution is 7.55. The topological polar surface area (TPSA) is 46.2 Å². The number of rotatable bonds is 13. The van der Waals surface area contributed by atoms with Gasteiger partial charge in [0.2, 0.25) is 0 Å². The van der Waals surface area contributed by atoms with Crippen molar-refractivity contribution in [3.05, 3.63) is 29.8 Å². The van der Waals surface area contributed by atoms with Gasteiger partial charge in [-0.15, -0.1) is 0 Å². The molecule has 0 bridgehead atoms. The van der Waals surface area contributed by atoms with Crippen LogP contribution in [0.3, 0.4) is 0 Å². The maximum absolute atomic E-state index is 6.75. The van der Waals surface area contributed by atoms with E-state index in [1.54, 1.807) is 7.11 Å². The van der Waals surface area contributed by atoms with Gasteiger partial charge in [0.1, 0.15) is 5.75 Å². The summed E-state index contributed by atoms with van der Waals surface area (Å²) in [7, 11) is -7.72. The van der Waals surface area contributed by atoms with Gasteiger partial charge < -0.3 is 21.6 Å². The minimum Gasteiger partial charge on any atom is -0.497 e. The van der Waals surface area contributed by atoms with Crippen molar-refractivity contribution in [3.8, 4) is 5.75 Å². The number of hydrogen-bond acceptors (Lipinski definition) is 5. The molecule has 0 saturated carbocycles. The van der Waals surface area contributed by atoms with Crippen molar-refractivity contribution in [2.75, 3.05) is 13.3 Å². The Bertz CT molecular complexity index is 663. The zero-order chi connectivity index (χ0) is 25.0. The molecule has 1 aromatic rings. The SMILES string of the molecule is COc1ccc(C(CP(O[Si](C)(C)C)O[Si](C)(C)C)P(O[Si](C)(C)C)O[Si](C)(C)C)cc1. The van der Waals surface area contributed by atoms with Crippen LogP contribution in [0.25, 0.3) is 0 Å². The standard InChI is InChI=1S/C21H46O5P2Si4/c1-22-20-16-14-19(15-17-20)21(28(25-31(8,9)10)26-32(11,12)13)18-27(23-29(2,3)4)24-30(5,6)7/h14-17,21H,18H2,1-13H3. The van der Waals surface area contributed by atoms with Crippen LogP contribution in [-0.4, -0.2) is 46.5 Å². The molecule has 186 valence electrons. The fraction of sp³-hybridized carbons (Fsp3) is 0.714. The Balaban J connectivity index is 3.45. The molecule has 0 aromatic heterocycles. The van der Waals surface area contributed by atoms with Crippen LogP contribution in [0.2, 0.25) is 78.6 Å². The molecular weight excluding hydrogens is 507 g/mol. The van der Waals surface area contributed by atoms with Gasteiger partial charge in [0.15, 0.2) is 50.0 Å². The summed E-state index contributed by atoms with van der Waals surface area (Å²) in [5, 5.41) is 0. The molecule has 0 heterocycles. The Morgan fingerprint density at radius 3 is 1.31 bits per heavy atom. The molecule has 0 aliphatic heterocycles. The Kier molecular flexibility index (Phi) is 11.5. The first-order chi connectivity index (χ1) is 14.3. The summed E-state index contributed by atoms with van der Waals surface area (Å²) >= 11 is 0. The van der Waals surface area contributed by atoms with Crippen molar-refractivity contribution in [3.63, 3.8) is 0 Å². The molecule has 0 amide bonds. The molecule has 0 aliphatic carbocycles. The van der Waals surface area contributed by atoms with E-state index in [1.807, 2.05) is 12.1 Å². The lowest BCUT2D eigenvalue weighted by molar-refractivity contribution is 0.414. The molecule has 1 unspecified atom stereocenters. The summed E-state index contributed by atoms with van der Waals surface area (Å²) in [5.41, 5.74) is 1.30. The van der Waals surface area contributed by atoms with Crippen molar-refractivity contribution < 1.29 is 21.6 Å². The van der Waals surface area contributed by atoms with Crippen molar-refractivity contribution in [1.29, 1.82) is 0 Å². The van der Waals surface area contributed by atoms with Gasteiger partial charge >= 0.3 is 0 Å². The Hall–Kier alpha value is 0.588. The van der Waals surface area contributed by atoms with Crippen LogP contribution < -0.4 is 4.74 Å². The fourth-order valence-electron chi connectivity index (χ4n) is 2.65. The highest BCUT2D eigenvalue weighted by Gasteiger charge is 2.38. The van der Waals surface area contributed by atoms with Gasteiger partial charge in [-0.05, 0) is 96.3 Å². The zero-order valence-corrected chi connectivity index (χ0v) is 28.3. The molecule has 32 heavy (non-hydrogen) atoms. The number of methoxy groups -OCH3 is 1. The second-order valence-electron chi connectivity index (χ2n) is 11.9. The molecule has 0 saturated heterocycles. The smallest absolute Gasteiger partial charge is 0.191 e. The predicted molar refractivity (Wildman–Crippen MR) is 152 cm³/mol. The predicted octanol–water partition coefficient (Wildman–Crippen LogP) is 8.77. The number of ether oxygens (including phenoxy) is 1. The summed E-state index contributed by atoms with van der Waals surface area (Å²) < 4.78 is 32.2. The molecule has 11 heteroatoms. The summed E-state index contributed by atoms with van der Waals surface area (Å²) in [6.07, 6.45) is 0.789. The molecule has 0 spiro atoms. The highest BCUT2D eigenvalue weighted by Crippen LogP contribution is 2.62. The highest BCUT2D eigenvalue weighted by atomic mass is 31.2. The van der Waals surface area contributed by atoms with Crippen molar-refractivity contribution in [2.24, 2.45) is 0 Å². The minimum atomic E-state index is -1.83. The summed E-state index contributed by atoms with van der Waals surface area (Å²) in [5.74, 6) is 0.855. The van der Waals surface area contributed by atoms with E-state index in [-0.39, 0.29) is 5.66 Å². The molecule has 1 atom stereocenters. The zero-order valence-electron chi connectivity index (χ0n) is 22.5. The van der Waals surface area contributed by atoms with E-state index in [1.165, 1.54) is 5.56 Å². The van der Waals surface area contributed by atoms with Gasteiger partial charge in [-0.1, -0.05) is 12.1 Å². The van der Waals surface area contributed by atoms with Crippen LogP contribution in [0.1, 0.15) is 11.2 Å². The summed E-state index contributed by atoms with van der Waals surface area (Å²) in [6.45, 7) is 26.8. The molecule has 1 rings (SSSR count).